The summed E-state index contributed by atoms with van der Waals surface area (Å²) in [4.78, 5) is 17.0. The normalized spacial score (nSPS) is 16.9. The number of hydrogen-bond acceptors (Lipinski definition) is 2. The molecule has 1 fully saturated rings. The van der Waals surface area contributed by atoms with E-state index < -0.39 is 0 Å². The molecule has 4 nitrogen and oxygen atoms in total. The van der Waals surface area contributed by atoms with E-state index in [2.05, 4.69) is 15.2 Å². The minimum atomic E-state index is -0.00589. The van der Waals surface area contributed by atoms with Crippen LogP contribution in [0.2, 0.25) is 0 Å². The van der Waals surface area contributed by atoms with Gasteiger partial charge in [0.2, 0.25) is 0 Å². The van der Waals surface area contributed by atoms with Crippen molar-refractivity contribution < 1.29 is 4.79 Å². The van der Waals surface area contributed by atoms with E-state index in [4.69, 9.17) is 0 Å². The summed E-state index contributed by atoms with van der Waals surface area (Å²) in [5.74, 6) is -0.00589. The molecule has 0 aromatic carbocycles. The molecule has 94 valence electrons. The Hall–Kier alpha value is -1.29. The lowest BCUT2D eigenvalue weighted by Crippen LogP contribution is -2.33. The third kappa shape index (κ3) is 3.89. The van der Waals surface area contributed by atoms with Crippen molar-refractivity contribution in [3.63, 3.8) is 0 Å². The van der Waals surface area contributed by atoms with Crippen molar-refractivity contribution in [2.75, 3.05) is 26.2 Å². The second-order valence-corrected chi connectivity index (χ2v) is 4.60. The standard InChI is InChI=1S/C13H21N3O/c17-13(12-6-4-7-14-12)15-8-5-11-16-9-2-1-3-10-16/h4,6-7,14H,1-3,5,8-11H2,(H,15,17). The molecule has 2 heterocycles. The number of rotatable bonds is 5. The van der Waals surface area contributed by atoms with Gasteiger partial charge in [0.1, 0.15) is 5.69 Å². The highest BCUT2D eigenvalue weighted by Gasteiger charge is 2.09. The molecule has 1 saturated heterocycles. The van der Waals surface area contributed by atoms with Gasteiger partial charge in [0, 0.05) is 12.7 Å². The van der Waals surface area contributed by atoms with Gasteiger partial charge in [0.25, 0.3) is 5.91 Å². The highest BCUT2D eigenvalue weighted by molar-refractivity contribution is 5.92. The fourth-order valence-electron chi connectivity index (χ4n) is 2.25. The molecule has 0 aliphatic carbocycles. The van der Waals surface area contributed by atoms with Crippen molar-refractivity contribution >= 4 is 5.91 Å². The fourth-order valence-corrected chi connectivity index (χ4v) is 2.25. The van der Waals surface area contributed by atoms with Crippen molar-refractivity contribution in [3.8, 4) is 0 Å². The molecule has 0 atom stereocenters. The molecule has 1 aromatic heterocycles. The Morgan fingerprint density at radius 2 is 2.18 bits per heavy atom. The predicted octanol–water partition coefficient (Wildman–Crippen LogP) is 1.62. The maximum atomic E-state index is 11.6. The third-order valence-electron chi connectivity index (χ3n) is 3.23. The van der Waals surface area contributed by atoms with Crippen LogP contribution in [0.1, 0.15) is 36.2 Å². The lowest BCUT2D eigenvalue weighted by atomic mass is 10.1. The summed E-state index contributed by atoms with van der Waals surface area (Å²) >= 11 is 0. The molecule has 1 aromatic rings. The van der Waals surface area contributed by atoms with Crippen molar-refractivity contribution in [1.29, 1.82) is 0 Å². The molecule has 0 saturated carbocycles. The number of piperidine rings is 1. The average Bonchev–Trinajstić information content (AvgIpc) is 2.89. The summed E-state index contributed by atoms with van der Waals surface area (Å²) < 4.78 is 0. The molecular weight excluding hydrogens is 214 g/mol. The molecule has 4 heteroatoms. The summed E-state index contributed by atoms with van der Waals surface area (Å²) in [7, 11) is 0. The quantitative estimate of drug-likeness (QED) is 0.762. The van der Waals surface area contributed by atoms with E-state index in [1.54, 1.807) is 12.3 Å². The van der Waals surface area contributed by atoms with Crippen molar-refractivity contribution in [2.24, 2.45) is 0 Å². The van der Waals surface area contributed by atoms with Crippen LogP contribution in [0.4, 0.5) is 0 Å². The number of hydrogen-bond donors (Lipinski definition) is 2. The predicted molar refractivity (Wildman–Crippen MR) is 68.0 cm³/mol. The number of nitrogens with one attached hydrogen (secondary N) is 2. The maximum absolute atomic E-state index is 11.6. The molecule has 1 amide bonds. The Kier molecular flexibility index (Phi) is 4.62. The number of aromatic amines is 1. The summed E-state index contributed by atoms with van der Waals surface area (Å²) in [6.45, 7) is 4.31. The first-order valence-corrected chi connectivity index (χ1v) is 6.50. The van der Waals surface area contributed by atoms with E-state index in [-0.39, 0.29) is 5.91 Å². The minimum Gasteiger partial charge on any atom is -0.357 e. The van der Waals surface area contributed by atoms with E-state index in [1.807, 2.05) is 6.07 Å². The van der Waals surface area contributed by atoms with Gasteiger partial charge in [0.15, 0.2) is 0 Å². The Balaban J connectivity index is 1.58. The number of amides is 1. The van der Waals surface area contributed by atoms with Crippen LogP contribution in [-0.4, -0.2) is 42.0 Å². The zero-order valence-corrected chi connectivity index (χ0v) is 10.2. The Bertz CT molecular complexity index is 328. The monoisotopic (exact) mass is 235 g/mol. The Morgan fingerprint density at radius 1 is 1.35 bits per heavy atom. The van der Waals surface area contributed by atoms with E-state index >= 15 is 0 Å². The number of nitrogens with zero attached hydrogens (tertiary/aromatic N) is 1. The average molecular weight is 235 g/mol. The number of H-pyrrole nitrogens is 1. The van der Waals surface area contributed by atoms with Crippen LogP contribution in [0.15, 0.2) is 18.3 Å². The van der Waals surface area contributed by atoms with Crippen molar-refractivity contribution in [2.45, 2.75) is 25.7 Å². The minimum absolute atomic E-state index is 0.00589. The van der Waals surface area contributed by atoms with Gasteiger partial charge in [-0.2, -0.15) is 0 Å². The number of carbonyl (C=O) groups is 1. The molecule has 1 aliphatic rings. The molecule has 2 N–H and O–H groups in total. The topological polar surface area (TPSA) is 48.1 Å². The number of likely N-dealkylation sites (tertiary alicyclic amines) is 1. The van der Waals surface area contributed by atoms with Crippen molar-refractivity contribution in [3.05, 3.63) is 24.0 Å². The van der Waals surface area contributed by atoms with Gasteiger partial charge in [-0.25, -0.2) is 0 Å². The molecule has 1 aliphatic heterocycles. The number of aromatic nitrogens is 1. The van der Waals surface area contributed by atoms with Gasteiger partial charge in [-0.1, -0.05) is 6.42 Å². The first kappa shape index (κ1) is 12.2. The largest absolute Gasteiger partial charge is 0.357 e. The van der Waals surface area contributed by atoms with Crippen molar-refractivity contribution in [1.82, 2.24) is 15.2 Å². The van der Waals surface area contributed by atoms with E-state index in [0.717, 1.165) is 19.5 Å². The van der Waals surface area contributed by atoms with E-state index in [1.165, 1.54) is 32.4 Å². The lowest BCUT2D eigenvalue weighted by Gasteiger charge is -2.26. The van der Waals surface area contributed by atoms with E-state index in [0.29, 0.717) is 5.69 Å². The van der Waals surface area contributed by atoms with Crippen LogP contribution in [0.3, 0.4) is 0 Å². The van der Waals surface area contributed by atoms with Gasteiger partial charge >= 0.3 is 0 Å². The molecule has 0 bridgehead atoms. The molecular formula is C13H21N3O. The SMILES string of the molecule is O=C(NCCCN1CCCCC1)c1ccc[nH]1. The van der Waals surface area contributed by atoms with Gasteiger partial charge in [-0.05, 0) is 51.0 Å². The van der Waals surface area contributed by atoms with E-state index in [9.17, 15) is 4.79 Å². The molecule has 0 spiro atoms. The fraction of sp³-hybridized carbons (Fsp3) is 0.615. The zero-order chi connectivity index (χ0) is 11.9. The summed E-state index contributed by atoms with van der Waals surface area (Å²) in [6.07, 6.45) is 6.83. The summed E-state index contributed by atoms with van der Waals surface area (Å²) in [5, 5.41) is 2.93. The highest BCUT2D eigenvalue weighted by Crippen LogP contribution is 2.08. The molecule has 2 rings (SSSR count). The Morgan fingerprint density at radius 3 is 2.88 bits per heavy atom. The maximum Gasteiger partial charge on any atom is 0.267 e. The zero-order valence-electron chi connectivity index (χ0n) is 10.2. The second kappa shape index (κ2) is 6.45. The number of carbonyl (C=O) groups excluding carboxylic acids is 1. The second-order valence-electron chi connectivity index (χ2n) is 4.60. The third-order valence-corrected chi connectivity index (χ3v) is 3.23. The molecule has 0 radical (unpaired) electrons. The van der Waals surface area contributed by atoms with Gasteiger partial charge < -0.3 is 15.2 Å². The van der Waals surface area contributed by atoms with Crippen LogP contribution >= 0.6 is 0 Å². The smallest absolute Gasteiger partial charge is 0.267 e. The molecule has 0 unspecified atom stereocenters. The van der Waals surface area contributed by atoms with Crippen LogP contribution in [0.5, 0.6) is 0 Å². The summed E-state index contributed by atoms with van der Waals surface area (Å²) in [6, 6.07) is 3.63. The van der Waals surface area contributed by atoms with Gasteiger partial charge in [-0.15, -0.1) is 0 Å². The lowest BCUT2D eigenvalue weighted by molar-refractivity contribution is 0.0946. The van der Waals surface area contributed by atoms with Crippen LogP contribution in [0.25, 0.3) is 0 Å². The van der Waals surface area contributed by atoms with Crippen LogP contribution in [0, 0.1) is 0 Å². The summed E-state index contributed by atoms with van der Waals surface area (Å²) in [5.41, 5.74) is 0.642. The molecule has 17 heavy (non-hydrogen) atoms. The van der Waals surface area contributed by atoms with Gasteiger partial charge in [0.05, 0.1) is 0 Å². The highest BCUT2D eigenvalue weighted by atomic mass is 16.1. The Labute approximate surface area is 102 Å². The van der Waals surface area contributed by atoms with Crippen LogP contribution < -0.4 is 5.32 Å². The van der Waals surface area contributed by atoms with Crippen LogP contribution in [-0.2, 0) is 0 Å². The van der Waals surface area contributed by atoms with Gasteiger partial charge in [-0.3, -0.25) is 4.79 Å². The first-order valence-electron chi connectivity index (χ1n) is 6.50. The first-order chi connectivity index (χ1) is 8.36.